The van der Waals surface area contributed by atoms with Crippen molar-refractivity contribution in [2.75, 3.05) is 0 Å². The monoisotopic (exact) mass is 236 g/mol. The van der Waals surface area contributed by atoms with Crippen molar-refractivity contribution >= 4 is 17.4 Å². The van der Waals surface area contributed by atoms with Gasteiger partial charge in [-0.2, -0.15) is 0 Å². The van der Waals surface area contributed by atoms with E-state index in [0.717, 1.165) is 0 Å². The molecule has 0 spiro atoms. The minimum Gasteiger partial charge on any atom is -0.870 e. The minimum atomic E-state index is 0. The van der Waals surface area contributed by atoms with Crippen LogP contribution in [0.15, 0.2) is 0 Å². The van der Waals surface area contributed by atoms with E-state index in [4.69, 9.17) is 0 Å². The van der Waals surface area contributed by atoms with Crippen LogP contribution >= 0.6 is 0 Å². The summed E-state index contributed by atoms with van der Waals surface area (Å²) in [5.41, 5.74) is 0. The Morgan fingerprint density at radius 1 is 0.333 bits per heavy atom. The summed E-state index contributed by atoms with van der Waals surface area (Å²) in [4.78, 5) is 0. The van der Waals surface area contributed by atoms with Gasteiger partial charge in [0, 0.05) is 0 Å². The fourth-order valence-electron chi connectivity index (χ4n) is 0. The maximum absolute atomic E-state index is 0. The first kappa shape index (κ1) is 656. The third-order valence-electron chi connectivity index (χ3n) is 0. The van der Waals surface area contributed by atoms with E-state index in [2.05, 4.69) is 0 Å². The van der Waals surface area contributed by atoms with Gasteiger partial charge in [0.25, 0.3) is 0 Å². The first-order chi connectivity index (χ1) is 0. The zero-order chi connectivity index (χ0) is 0. The molecule has 7 N–H and O–H groups in total. The van der Waals surface area contributed by atoms with E-state index in [1.54, 1.807) is 0 Å². The summed E-state index contributed by atoms with van der Waals surface area (Å²) in [6.07, 6.45) is 0. The molecule has 0 bridgehead atoms. The van der Waals surface area contributed by atoms with Crippen LogP contribution in [0.3, 0.4) is 0 Å². The number of hydrogen-bond donors (Lipinski definition) is 0. The molecule has 0 aromatic carbocycles. The van der Waals surface area contributed by atoms with E-state index in [0.29, 0.717) is 0 Å². The van der Waals surface area contributed by atoms with E-state index < -0.39 is 0 Å². The fraction of sp³-hybridized carbons (Fsp3) is 0. The Labute approximate surface area is 81.9 Å². The topological polar surface area (TPSA) is 210 Å². The molecule has 0 aliphatic heterocycles. The Balaban J connectivity index is 0. The second-order valence-electron chi connectivity index (χ2n) is 0. The predicted molar refractivity (Wildman–Crippen MR) is 19.3 cm³/mol. The Hall–Kier alpha value is 1.14. The van der Waals surface area contributed by atoms with Crippen molar-refractivity contribution in [1.82, 2.24) is 0 Å². The normalized spacial score (nSPS) is 0. The average Bonchev–Trinajstić information content (AvgIpc) is 0. The van der Waals surface area contributed by atoms with Crippen LogP contribution in [0.5, 0.6) is 0 Å². The van der Waals surface area contributed by atoms with Crippen molar-refractivity contribution in [2.24, 2.45) is 0 Å². The summed E-state index contributed by atoms with van der Waals surface area (Å²) in [6, 6.07) is 0. The number of rotatable bonds is 0. The molecule has 0 radical (unpaired) electrons. The van der Waals surface area contributed by atoms with Gasteiger partial charge in [0.05, 0.1) is 0 Å². The molecule has 9 heavy (non-hydrogen) atoms. The van der Waals surface area contributed by atoms with E-state index in [-0.39, 0.29) is 81.9 Å². The van der Waals surface area contributed by atoms with Crippen molar-refractivity contribution in [3.8, 4) is 0 Å². The van der Waals surface area contributed by atoms with Crippen LogP contribution in [-0.4, -0.2) is 55.7 Å². The van der Waals surface area contributed by atoms with Crippen LogP contribution in [0.1, 0.15) is 0 Å². The van der Waals surface area contributed by atoms with Gasteiger partial charge in [-0.15, -0.1) is 0 Å². The molecule has 0 atom stereocenters. The summed E-state index contributed by atoms with van der Waals surface area (Å²) < 4.78 is 0. The maximum atomic E-state index is 0. The fourth-order valence-corrected chi connectivity index (χ4v) is 0. The third kappa shape index (κ3) is 361. The average molecular weight is 237 g/mol. The molecule has 9 heteroatoms. The molecule has 0 saturated heterocycles. The maximum Gasteiger partial charge on any atom is 4.00 e. The van der Waals surface area contributed by atoms with Gasteiger partial charge in [0.2, 0.25) is 0 Å². The molecule has 0 aliphatic rings. The van der Waals surface area contributed by atoms with Gasteiger partial charge < -0.3 is 38.3 Å². The molecule has 7 nitrogen and oxygen atoms in total. The summed E-state index contributed by atoms with van der Waals surface area (Å²) in [5, 5.41) is 0. The largest absolute Gasteiger partial charge is 4.00 e. The van der Waals surface area contributed by atoms with Gasteiger partial charge in [0.1, 0.15) is 0 Å². The molecule has 0 aromatic heterocycles. The second kappa shape index (κ2) is 469. The van der Waals surface area contributed by atoms with Crippen molar-refractivity contribution in [3.05, 3.63) is 0 Å². The first-order valence-corrected chi connectivity index (χ1v) is 0. The smallest absolute Gasteiger partial charge is 0.870 e. The SMILES string of the molecule is [Al+3].[OH-].[OH-].[OH-].[OH-].[OH-].[OH-].[OH-].[Zr+4]. The summed E-state index contributed by atoms with van der Waals surface area (Å²) >= 11 is 0. The quantitative estimate of drug-likeness (QED) is 0.448. The zero-order valence-electron chi connectivity index (χ0n) is 4.21. The standard InChI is InChI=1S/Al.7H2O.Zr/h;7*1H2;/q+3;;;;;;;;+4/p-7. The molecule has 0 rings (SSSR count). The summed E-state index contributed by atoms with van der Waals surface area (Å²) in [5.74, 6) is 0. The van der Waals surface area contributed by atoms with E-state index in [9.17, 15) is 0 Å². The summed E-state index contributed by atoms with van der Waals surface area (Å²) in [7, 11) is 0. The minimum absolute atomic E-state index is 0. The van der Waals surface area contributed by atoms with Gasteiger partial charge in [-0.1, -0.05) is 0 Å². The van der Waals surface area contributed by atoms with E-state index >= 15 is 0 Å². The molecule has 0 fully saturated rings. The Kier molecular flexibility index (Phi) is 34200. The molecular formula is H7AlO7Zr. The third-order valence-corrected chi connectivity index (χ3v) is 0. The number of hydrogen-bond acceptors (Lipinski definition) is 7. The molecule has 0 unspecified atom stereocenters. The van der Waals surface area contributed by atoms with Crippen molar-refractivity contribution < 1.29 is 64.5 Å². The molecule has 0 saturated carbocycles. The molecule has 0 aromatic rings. The van der Waals surface area contributed by atoms with Gasteiger partial charge >= 0.3 is 43.6 Å². The molecule has 0 heterocycles. The zero-order valence-corrected chi connectivity index (χ0v) is 7.82. The van der Waals surface area contributed by atoms with Crippen molar-refractivity contribution in [3.63, 3.8) is 0 Å². The van der Waals surface area contributed by atoms with Crippen LogP contribution in [0, 0.1) is 0 Å². The van der Waals surface area contributed by atoms with Crippen LogP contribution < -0.4 is 0 Å². The van der Waals surface area contributed by atoms with Crippen LogP contribution in [0.25, 0.3) is 0 Å². The van der Waals surface area contributed by atoms with Crippen LogP contribution in [0.2, 0.25) is 0 Å². The van der Waals surface area contributed by atoms with E-state index in [1.165, 1.54) is 0 Å². The van der Waals surface area contributed by atoms with Gasteiger partial charge in [-0.25, -0.2) is 0 Å². The predicted octanol–water partition coefficient (Wildman–Crippen LogP) is -1.62. The molecule has 0 aliphatic carbocycles. The van der Waals surface area contributed by atoms with Crippen molar-refractivity contribution in [2.45, 2.75) is 0 Å². The molecule has 56 valence electrons. The Bertz CT molecular complexity index is 8.88. The van der Waals surface area contributed by atoms with Crippen LogP contribution in [-0.2, 0) is 26.2 Å². The molecule has 0 amide bonds. The Morgan fingerprint density at radius 2 is 0.333 bits per heavy atom. The van der Waals surface area contributed by atoms with Crippen molar-refractivity contribution in [1.29, 1.82) is 0 Å². The molecular weight excluding hydrogens is 230 g/mol. The van der Waals surface area contributed by atoms with E-state index in [1.807, 2.05) is 0 Å². The second-order valence-corrected chi connectivity index (χ2v) is 0. The van der Waals surface area contributed by atoms with Crippen LogP contribution in [0.4, 0.5) is 0 Å². The van der Waals surface area contributed by atoms with Gasteiger partial charge in [-0.3, -0.25) is 0 Å². The van der Waals surface area contributed by atoms with Gasteiger partial charge in [-0.05, 0) is 0 Å². The van der Waals surface area contributed by atoms with Gasteiger partial charge in [0.15, 0.2) is 0 Å². The summed E-state index contributed by atoms with van der Waals surface area (Å²) in [6.45, 7) is 0. The first-order valence-electron chi connectivity index (χ1n) is 0. The Morgan fingerprint density at radius 3 is 0.333 bits per heavy atom.